The summed E-state index contributed by atoms with van der Waals surface area (Å²) in [6.45, 7) is 3.66. The van der Waals surface area contributed by atoms with E-state index in [0.29, 0.717) is 0 Å². The minimum Gasteiger partial charge on any atom is -0.381 e. The lowest BCUT2D eigenvalue weighted by Gasteiger charge is -2.40. The van der Waals surface area contributed by atoms with Gasteiger partial charge in [-0.2, -0.15) is 0 Å². The molecule has 1 aliphatic rings. The predicted octanol–water partition coefficient (Wildman–Crippen LogP) is 0.919. The Morgan fingerprint density at radius 3 is 2.50 bits per heavy atom. The van der Waals surface area contributed by atoms with Crippen molar-refractivity contribution in [3.05, 3.63) is 0 Å². The lowest BCUT2D eigenvalue weighted by atomic mass is 9.85. The van der Waals surface area contributed by atoms with Crippen molar-refractivity contribution in [2.45, 2.75) is 37.8 Å². The van der Waals surface area contributed by atoms with Crippen LogP contribution in [-0.2, 0) is 9.47 Å². The highest BCUT2D eigenvalue weighted by Gasteiger charge is 2.37. The molecule has 72 valence electrons. The average Bonchev–Trinajstić information content (AvgIpc) is 2.17. The SMILES string of the molecule is CC[C@H](N)C1(OC)CCOCC1. The maximum Gasteiger partial charge on any atom is 0.0872 e. The predicted molar refractivity (Wildman–Crippen MR) is 48.1 cm³/mol. The van der Waals surface area contributed by atoms with Gasteiger partial charge in [-0.1, -0.05) is 6.92 Å². The third-order valence-corrected chi connectivity index (χ3v) is 2.86. The summed E-state index contributed by atoms with van der Waals surface area (Å²) in [6.07, 6.45) is 2.82. The molecule has 2 N–H and O–H groups in total. The molecule has 0 aromatic rings. The molecule has 1 saturated heterocycles. The van der Waals surface area contributed by atoms with E-state index in [-0.39, 0.29) is 11.6 Å². The minimum absolute atomic E-state index is 0.118. The van der Waals surface area contributed by atoms with E-state index < -0.39 is 0 Å². The van der Waals surface area contributed by atoms with Gasteiger partial charge >= 0.3 is 0 Å². The topological polar surface area (TPSA) is 44.5 Å². The molecule has 12 heavy (non-hydrogen) atoms. The molecule has 1 aliphatic heterocycles. The Labute approximate surface area is 74.2 Å². The average molecular weight is 173 g/mol. The van der Waals surface area contributed by atoms with Crippen LogP contribution in [0.25, 0.3) is 0 Å². The second-order valence-corrected chi connectivity index (χ2v) is 3.40. The van der Waals surface area contributed by atoms with E-state index >= 15 is 0 Å². The molecule has 1 atom stereocenters. The van der Waals surface area contributed by atoms with Gasteiger partial charge in [0.15, 0.2) is 0 Å². The number of methoxy groups -OCH3 is 1. The van der Waals surface area contributed by atoms with E-state index in [0.717, 1.165) is 32.5 Å². The van der Waals surface area contributed by atoms with Gasteiger partial charge < -0.3 is 15.2 Å². The van der Waals surface area contributed by atoms with Gasteiger partial charge in [-0.3, -0.25) is 0 Å². The first kappa shape index (κ1) is 9.96. The van der Waals surface area contributed by atoms with Crippen molar-refractivity contribution in [3.8, 4) is 0 Å². The number of ether oxygens (including phenoxy) is 2. The van der Waals surface area contributed by atoms with Crippen LogP contribution in [0.15, 0.2) is 0 Å². The van der Waals surface area contributed by atoms with Crippen molar-refractivity contribution >= 4 is 0 Å². The first-order valence-corrected chi connectivity index (χ1v) is 4.63. The molecule has 0 aliphatic carbocycles. The highest BCUT2D eigenvalue weighted by molar-refractivity contribution is 4.92. The molecule has 0 aromatic heterocycles. The van der Waals surface area contributed by atoms with E-state index in [1.807, 2.05) is 0 Å². The quantitative estimate of drug-likeness (QED) is 0.690. The van der Waals surface area contributed by atoms with E-state index in [1.165, 1.54) is 0 Å². The van der Waals surface area contributed by atoms with Crippen LogP contribution < -0.4 is 5.73 Å². The maximum absolute atomic E-state index is 6.01. The summed E-state index contributed by atoms with van der Waals surface area (Å²) in [7, 11) is 1.75. The van der Waals surface area contributed by atoms with Crippen molar-refractivity contribution in [2.24, 2.45) is 5.73 Å². The Morgan fingerprint density at radius 2 is 2.08 bits per heavy atom. The molecule has 3 heteroatoms. The number of nitrogens with two attached hydrogens (primary N) is 1. The smallest absolute Gasteiger partial charge is 0.0872 e. The first-order chi connectivity index (χ1) is 5.75. The van der Waals surface area contributed by atoms with Crippen LogP contribution in [0.1, 0.15) is 26.2 Å². The van der Waals surface area contributed by atoms with E-state index in [1.54, 1.807) is 7.11 Å². The van der Waals surface area contributed by atoms with Crippen LogP contribution in [0.5, 0.6) is 0 Å². The summed E-state index contributed by atoms with van der Waals surface area (Å²) in [5.74, 6) is 0. The summed E-state index contributed by atoms with van der Waals surface area (Å²) in [5.41, 5.74) is 5.89. The van der Waals surface area contributed by atoms with Crippen LogP contribution >= 0.6 is 0 Å². The van der Waals surface area contributed by atoms with Crippen LogP contribution in [0, 0.1) is 0 Å². The van der Waals surface area contributed by atoms with Gasteiger partial charge in [0.05, 0.1) is 5.60 Å². The third-order valence-electron chi connectivity index (χ3n) is 2.86. The van der Waals surface area contributed by atoms with E-state index in [2.05, 4.69) is 6.92 Å². The maximum atomic E-state index is 6.01. The van der Waals surface area contributed by atoms with Crippen molar-refractivity contribution in [1.82, 2.24) is 0 Å². The molecule has 0 spiro atoms. The van der Waals surface area contributed by atoms with Crippen LogP contribution in [-0.4, -0.2) is 32.0 Å². The molecular formula is C9H19NO2. The molecule has 3 nitrogen and oxygen atoms in total. The normalized spacial score (nSPS) is 25.2. The van der Waals surface area contributed by atoms with Crippen LogP contribution in [0.4, 0.5) is 0 Å². The Balaban J connectivity index is 2.59. The van der Waals surface area contributed by atoms with Gasteiger partial charge in [0.25, 0.3) is 0 Å². The Kier molecular flexibility index (Phi) is 3.50. The highest BCUT2D eigenvalue weighted by Crippen LogP contribution is 2.28. The molecule has 0 radical (unpaired) electrons. The van der Waals surface area contributed by atoms with Crippen molar-refractivity contribution in [2.75, 3.05) is 20.3 Å². The summed E-state index contributed by atoms with van der Waals surface area (Å²) < 4.78 is 10.8. The zero-order valence-corrected chi connectivity index (χ0v) is 8.01. The number of hydrogen-bond donors (Lipinski definition) is 1. The number of hydrogen-bond acceptors (Lipinski definition) is 3. The molecule has 1 heterocycles. The first-order valence-electron chi connectivity index (χ1n) is 4.63. The van der Waals surface area contributed by atoms with Crippen molar-refractivity contribution in [3.63, 3.8) is 0 Å². The van der Waals surface area contributed by atoms with Gasteiger partial charge in [-0.05, 0) is 6.42 Å². The van der Waals surface area contributed by atoms with Crippen LogP contribution in [0.3, 0.4) is 0 Å². The Hall–Kier alpha value is -0.120. The Morgan fingerprint density at radius 1 is 1.50 bits per heavy atom. The Bertz CT molecular complexity index is 132. The fraction of sp³-hybridized carbons (Fsp3) is 1.00. The molecule has 1 fully saturated rings. The lowest BCUT2D eigenvalue weighted by Crippen LogP contribution is -2.52. The third kappa shape index (κ3) is 1.79. The van der Waals surface area contributed by atoms with E-state index in [4.69, 9.17) is 15.2 Å². The summed E-state index contributed by atoms with van der Waals surface area (Å²) >= 11 is 0. The fourth-order valence-electron chi connectivity index (χ4n) is 1.82. The molecule has 0 bridgehead atoms. The summed E-state index contributed by atoms with van der Waals surface area (Å²) in [5, 5.41) is 0. The second-order valence-electron chi connectivity index (χ2n) is 3.40. The monoisotopic (exact) mass is 173 g/mol. The zero-order valence-electron chi connectivity index (χ0n) is 8.01. The molecule has 0 saturated carbocycles. The number of rotatable bonds is 3. The van der Waals surface area contributed by atoms with E-state index in [9.17, 15) is 0 Å². The molecular weight excluding hydrogens is 154 g/mol. The van der Waals surface area contributed by atoms with Gasteiger partial charge in [0, 0.05) is 39.2 Å². The van der Waals surface area contributed by atoms with Crippen molar-refractivity contribution < 1.29 is 9.47 Å². The molecule has 0 unspecified atom stereocenters. The molecule has 0 aromatic carbocycles. The van der Waals surface area contributed by atoms with Gasteiger partial charge in [-0.25, -0.2) is 0 Å². The summed E-state index contributed by atoms with van der Waals surface area (Å²) in [4.78, 5) is 0. The standard InChI is InChI=1S/C9H19NO2/c1-3-8(10)9(11-2)4-6-12-7-5-9/h8H,3-7,10H2,1-2H3/t8-/m0/s1. The van der Waals surface area contributed by atoms with Gasteiger partial charge in [0.1, 0.15) is 0 Å². The summed E-state index contributed by atoms with van der Waals surface area (Å²) in [6, 6.07) is 0.145. The highest BCUT2D eigenvalue weighted by atomic mass is 16.5. The largest absolute Gasteiger partial charge is 0.381 e. The van der Waals surface area contributed by atoms with Gasteiger partial charge in [0.2, 0.25) is 0 Å². The lowest BCUT2D eigenvalue weighted by molar-refractivity contribution is -0.104. The van der Waals surface area contributed by atoms with Crippen molar-refractivity contribution in [1.29, 1.82) is 0 Å². The van der Waals surface area contributed by atoms with Gasteiger partial charge in [-0.15, -0.1) is 0 Å². The minimum atomic E-state index is -0.118. The van der Waals surface area contributed by atoms with Crippen LogP contribution in [0.2, 0.25) is 0 Å². The molecule has 0 amide bonds. The zero-order chi connectivity index (χ0) is 9.03. The molecule has 1 rings (SSSR count). The second kappa shape index (κ2) is 4.21. The fourth-order valence-corrected chi connectivity index (χ4v) is 1.82.